The predicted molar refractivity (Wildman–Crippen MR) is 88.9 cm³/mol. The molecular weight excluding hydrogens is 284 g/mol. The molecule has 2 fully saturated rings. The maximum absolute atomic E-state index is 12.1. The molecule has 1 atom stereocenters. The van der Waals surface area contributed by atoms with Crippen LogP contribution in [-0.2, 0) is 4.74 Å². The minimum atomic E-state index is 0.107. The van der Waals surface area contributed by atoms with Crippen molar-refractivity contribution in [3.63, 3.8) is 0 Å². The molecule has 2 rings (SSSR count). The number of ether oxygens (including phenoxy) is 1. The highest BCUT2D eigenvalue weighted by atomic mass is 32.2. The molecule has 0 unspecified atom stereocenters. The van der Waals surface area contributed by atoms with Crippen molar-refractivity contribution in [2.45, 2.75) is 57.3 Å². The minimum absolute atomic E-state index is 0.107. The Bertz CT molecular complexity index is 330. The summed E-state index contributed by atoms with van der Waals surface area (Å²) in [4.78, 5) is 14.1. The van der Waals surface area contributed by atoms with E-state index in [9.17, 15) is 4.79 Å². The lowest BCUT2D eigenvalue weighted by molar-refractivity contribution is 0.0373. The van der Waals surface area contributed by atoms with E-state index in [1.54, 1.807) is 0 Å². The molecule has 0 radical (unpaired) electrons. The van der Waals surface area contributed by atoms with E-state index in [2.05, 4.69) is 26.1 Å². The number of carbonyl (C=O) groups excluding carboxylic acids is 1. The van der Waals surface area contributed by atoms with E-state index in [4.69, 9.17) is 4.74 Å². The van der Waals surface area contributed by atoms with Gasteiger partial charge in [0.15, 0.2) is 0 Å². The standard InChI is InChI=1S/C16H30N2O2S/c1-16(2,3)21-12-8-17-15(19)18-9-6-13(7-10-18)14-5-4-11-20-14/h13-14H,4-12H2,1-3H3,(H,17,19)/t14-/m0/s1. The Morgan fingerprint density at radius 1 is 1.29 bits per heavy atom. The van der Waals surface area contributed by atoms with E-state index >= 15 is 0 Å². The second-order valence-corrected chi connectivity index (χ2v) is 8.99. The van der Waals surface area contributed by atoms with Crippen LogP contribution in [0, 0.1) is 5.92 Å². The molecule has 0 spiro atoms. The lowest BCUT2D eigenvalue weighted by atomic mass is 9.90. The highest BCUT2D eigenvalue weighted by Gasteiger charge is 2.30. The van der Waals surface area contributed by atoms with Crippen LogP contribution in [0.15, 0.2) is 0 Å². The van der Waals surface area contributed by atoms with Crippen molar-refractivity contribution in [1.82, 2.24) is 10.2 Å². The summed E-state index contributed by atoms with van der Waals surface area (Å²) in [6, 6.07) is 0.107. The van der Waals surface area contributed by atoms with Gasteiger partial charge in [0.1, 0.15) is 0 Å². The van der Waals surface area contributed by atoms with Crippen LogP contribution >= 0.6 is 11.8 Å². The van der Waals surface area contributed by atoms with Gasteiger partial charge in [-0.2, -0.15) is 11.8 Å². The van der Waals surface area contributed by atoms with Gasteiger partial charge in [0.25, 0.3) is 0 Å². The van der Waals surface area contributed by atoms with E-state index in [0.29, 0.717) is 12.0 Å². The summed E-state index contributed by atoms with van der Waals surface area (Å²) in [6.45, 7) is 10.1. The fourth-order valence-electron chi connectivity index (χ4n) is 3.08. The van der Waals surface area contributed by atoms with Gasteiger partial charge in [-0.3, -0.25) is 0 Å². The molecule has 0 aliphatic carbocycles. The number of hydrogen-bond donors (Lipinski definition) is 1. The van der Waals surface area contributed by atoms with Crippen LogP contribution in [0.25, 0.3) is 0 Å². The van der Waals surface area contributed by atoms with Crippen LogP contribution in [0.4, 0.5) is 4.79 Å². The van der Waals surface area contributed by atoms with Crippen molar-refractivity contribution in [3.05, 3.63) is 0 Å². The summed E-state index contributed by atoms with van der Waals surface area (Å²) in [5.41, 5.74) is 0. The third-order valence-corrected chi connectivity index (χ3v) is 5.51. The van der Waals surface area contributed by atoms with Crippen LogP contribution in [0.3, 0.4) is 0 Å². The van der Waals surface area contributed by atoms with Crippen LogP contribution < -0.4 is 5.32 Å². The number of amides is 2. The zero-order valence-corrected chi connectivity index (χ0v) is 14.5. The average molecular weight is 314 g/mol. The van der Waals surface area contributed by atoms with Gasteiger partial charge in [-0.05, 0) is 31.6 Å². The fraction of sp³-hybridized carbons (Fsp3) is 0.938. The molecule has 0 aromatic carbocycles. The SMILES string of the molecule is CC(C)(C)SCCNC(=O)N1CCC([C@@H]2CCCO2)CC1. The normalized spacial score (nSPS) is 24.3. The molecule has 21 heavy (non-hydrogen) atoms. The maximum atomic E-state index is 12.1. The molecule has 2 amide bonds. The van der Waals surface area contributed by atoms with Gasteiger partial charge in [0, 0.05) is 36.7 Å². The zero-order valence-electron chi connectivity index (χ0n) is 13.7. The first kappa shape index (κ1) is 16.9. The molecule has 2 aliphatic heterocycles. The summed E-state index contributed by atoms with van der Waals surface area (Å²) >= 11 is 1.89. The van der Waals surface area contributed by atoms with Gasteiger partial charge in [0.2, 0.25) is 0 Å². The van der Waals surface area contributed by atoms with Crippen molar-refractivity contribution in [1.29, 1.82) is 0 Å². The number of nitrogens with zero attached hydrogens (tertiary/aromatic N) is 1. The molecule has 0 saturated carbocycles. The van der Waals surface area contributed by atoms with Crippen molar-refractivity contribution < 1.29 is 9.53 Å². The van der Waals surface area contributed by atoms with Crippen molar-refractivity contribution >= 4 is 17.8 Å². The smallest absolute Gasteiger partial charge is 0.317 e. The van der Waals surface area contributed by atoms with Crippen LogP contribution in [0.5, 0.6) is 0 Å². The fourth-order valence-corrected chi connectivity index (χ4v) is 3.89. The lowest BCUT2D eigenvalue weighted by Gasteiger charge is -2.34. The summed E-state index contributed by atoms with van der Waals surface area (Å²) < 4.78 is 6.05. The largest absolute Gasteiger partial charge is 0.378 e. The summed E-state index contributed by atoms with van der Waals surface area (Å²) in [5, 5.41) is 3.04. The van der Waals surface area contributed by atoms with E-state index in [1.165, 1.54) is 12.8 Å². The molecule has 0 aromatic rings. The van der Waals surface area contributed by atoms with Gasteiger partial charge in [-0.25, -0.2) is 4.79 Å². The number of nitrogens with one attached hydrogen (secondary N) is 1. The van der Waals surface area contributed by atoms with E-state index in [1.807, 2.05) is 16.7 Å². The second-order valence-electron chi connectivity index (χ2n) is 7.07. The van der Waals surface area contributed by atoms with Crippen molar-refractivity contribution in [2.75, 3.05) is 32.0 Å². The number of piperidine rings is 1. The number of carbonyl (C=O) groups is 1. The number of likely N-dealkylation sites (tertiary alicyclic amines) is 1. The lowest BCUT2D eigenvalue weighted by Crippen LogP contribution is -2.46. The first-order valence-corrected chi connectivity index (χ1v) is 9.22. The van der Waals surface area contributed by atoms with Gasteiger partial charge in [-0.1, -0.05) is 20.8 Å². The first-order valence-electron chi connectivity index (χ1n) is 8.24. The zero-order chi connectivity index (χ0) is 15.3. The van der Waals surface area contributed by atoms with E-state index < -0.39 is 0 Å². The topological polar surface area (TPSA) is 41.6 Å². The van der Waals surface area contributed by atoms with Crippen molar-refractivity contribution in [3.8, 4) is 0 Å². The highest BCUT2D eigenvalue weighted by molar-refractivity contribution is 8.00. The van der Waals surface area contributed by atoms with Crippen molar-refractivity contribution in [2.24, 2.45) is 5.92 Å². The highest BCUT2D eigenvalue weighted by Crippen LogP contribution is 2.28. The molecule has 1 N–H and O–H groups in total. The summed E-state index contributed by atoms with van der Waals surface area (Å²) in [6.07, 6.45) is 5.06. The maximum Gasteiger partial charge on any atom is 0.317 e. The number of hydrogen-bond acceptors (Lipinski definition) is 3. The molecule has 2 aliphatic rings. The van der Waals surface area contributed by atoms with Crippen LogP contribution in [0.2, 0.25) is 0 Å². The van der Waals surface area contributed by atoms with Gasteiger partial charge >= 0.3 is 6.03 Å². The molecule has 2 saturated heterocycles. The Hall–Kier alpha value is -0.420. The Morgan fingerprint density at radius 3 is 2.57 bits per heavy atom. The third-order valence-electron chi connectivity index (χ3n) is 4.23. The quantitative estimate of drug-likeness (QED) is 0.811. The second kappa shape index (κ2) is 7.73. The first-order chi connectivity index (χ1) is 9.96. The van der Waals surface area contributed by atoms with E-state index in [0.717, 1.165) is 44.8 Å². The van der Waals surface area contributed by atoms with Gasteiger partial charge < -0.3 is 15.0 Å². The summed E-state index contributed by atoms with van der Waals surface area (Å²) in [7, 11) is 0. The monoisotopic (exact) mass is 314 g/mol. The number of thioether (sulfide) groups is 1. The Kier molecular flexibility index (Phi) is 6.23. The minimum Gasteiger partial charge on any atom is -0.378 e. The molecule has 2 heterocycles. The molecule has 0 aromatic heterocycles. The molecule has 5 heteroatoms. The van der Waals surface area contributed by atoms with Gasteiger partial charge in [0.05, 0.1) is 6.10 Å². The molecule has 0 bridgehead atoms. The van der Waals surface area contributed by atoms with Crippen LogP contribution in [0.1, 0.15) is 46.5 Å². The number of urea groups is 1. The Balaban J connectivity index is 1.61. The average Bonchev–Trinajstić information content (AvgIpc) is 2.96. The van der Waals surface area contributed by atoms with Gasteiger partial charge in [-0.15, -0.1) is 0 Å². The number of rotatable bonds is 4. The molecule has 122 valence electrons. The Morgan fingerprint density at radius 2 is 2.00 bits per heavy atom. The predicted octanol–water partition coefficient (Wildman–Crippen LogP) is 3.12. The molecular formula is C16H30N2O2S. The third kappa shape index (κ3) is 5.70. The van der Waals surface area contributed by atoms with E-state index in [-0.39, 0.29) is 10.8 Å². The summed E-state index contributed by atoms with van der Waals surface area (Å²) in [5.74, 6) is 1.63. The van der Waals surface area contributed by atoms with Crippen LogP contribution in [-0.4, -0.2) is 53.8 Å². The Labute approximate surface area is 133 Å². The molecule has 4 nitrogen and oxygen atoms in total.